The van der Waals surface area contributed by atoms with Crippen LogP contribution < -0.4 is 0 Å². The molecule has 1 heterocycles. The molecule has 1 saturated heterocycles. The molecule has 0 saturated carbocycles. The van der Waals surface area contributed by atoms with Crippen molar-refractivity contribution in [3.05, 3.63) is 46.8 Å². The molecular formula is C29H42O5. The fourth-order valence-corrected chi connectivity index (χ4v) is 4.77. The Kier molecular flexibility index (Phi) is 8.62. The summed E-state index contributed by atoms with van der Waals surface area (Å²) in [5, 5.41) is 18.6. The standard InChI is InChI=1S/C29H42O5/c1-28(2,19-30)15-7-5-9-20-11-12-21(17-20)13-14-24(31)23-18-25-26(34-25)22(23)10-6-8-16-29(3,4)27(32)33/h11-12,17-18,20,25,30H,5-10,13-16,19H2,1-4H3,(H,32,33). The second kappa shape index (κ2) is 11.1. The number of rotatable bonds is 16. The molecule has 0 spiro atoms. The first-order valence-corrected chi connectivity index (χ1v) is 12.9. The molecule has 0 amide bonds. The van der Waals surface area contributed by atoms with Crippen LogP contribution >= 0.6 is 0 Å². The molecule has 2 unspecified atom stereocenters. The van der Waals surface area contributed by atoms with Crippen LogP contribution in [-0.4, -0.2) is 34.7 Å². The smallest absolute Gasteiger partial charge is 0.309 e. The number of aliphatic carboxylic acids is 1. The molecule has 0 aromatic carbocycles. The number of epoxide rings is 1. The highest BCUT2D eigenvalue weighted by Crippen LogP contribution is 2.44. The predicted molar refractivity (Wildman–Crippen MR) is 134 cm³/mol. The average molecular weight is 471 g/mol. The van der Waals surface area contributed by atoms with Gasteiger partial charge in [0.1, 0.15) is 5.76 Å². The molecule has 1 aliphatic heterocycles. The minimum absolute atomic E-state index is 0.00445. The highest BCUT2D eigenvalue weighted by Gasteiger charge is 2.42. The Morgan fingerprint density at radius 2 is 1.74 bits per heavy atom. The minimum Gasteiger partial charge on any atom is -0.481 e. The van der Waals surface area contributed by atoms with E-state index in [0.29, 0.717) is 18.8 Å². The third-order valence-electron chi connectivity index (χ3n) is 7.45. The van der Waals surface area contributed by atoms with Crippen molar-refractivity contribution in [2.45, 2.75) is 98.0 Å². The first-order valence-electron chi connectivity index (χ1n) is 12.9. The van der Waals surface area contributed by atoms with Gasteiger partial charge >= 0.3 is 5.97 Å². The van der Waals surface area contributed by atoms with Gasteiger partial charge in [0.05, 0.1) is 5.41 Å². The lowest BCUT2D eigenvalue weighted by atomic mass is 9.86. The van der Waals surface area contributed by atoms with Crippen LogP contribution in [0.3, 0.4) is 0 Å². The van der Waals surface area contributed by atoms with Gasteiger partial charge in [0.15, 0.2) is 11.9 Å². The van der Waals surface area contributed by atoms with Gasteiger partial charge in [-0.1, -0.05) is 56.9 Å². The van der Waals surface area contributed by atoms with E-state index in [-0.39, 0.29) is 23.9 Å². The molecule has 34 heavy (non-hydrogen) atoms. The molecule has 5 nitrogen and oxygen atoms in total. The number of fused-ring (bicyclic) bond motifs is 1. The summed E-state index contributed by atoms with van der Waals surface area (Å²) in [6, 6.07) is 0. The van der Waals surface area contributed by atoms with Crippen LogP contribution in [0.1, 0.15) is 91.9 Å². The highest BCUT2D eigenvalue weighted by molar-refractivity contribution is 6.01. The molecule has 5 heteroatoms. The van der Waals surface area contributed by atoms with E-state index >= 15 is 0 Å². The zero-order valence-corrected chi connectivity index (χ0v) is 21.4. The quantitative estimate of drug-likeness (QED) is 0.204. The first-order chi connectivity index (χ1) is 16.0. The molecule has 0 bridgehead atoms. The lowest BCUT2D eigenvalue weighted by molar-refractivity contribution is -0.147. The summed E-state index contributed by atoms with van der Waals surface area (Å²) in [6.07, 6.45) is 17.5. The molecule has 1 fully saturated rings. The summed E-state index contributed by atoms with van der Waals surface area (Å²) in [5.41, 5.74) is 2.42. The Morgan fingerprint density at radius 3 is 2.44 bits per heavy atom. The Bertz CT molecular complexity index is 899. The monoisotopic (exact) mass is 470 g/mol. The van der Waals surface area contributed by atoms with Gasteiger partial charge in [0.25, 0.3) is 0 Å². The van der Waals surface area contributed by atoms with E-state index < -0.39 is 11.4 Å². The van der Waals surface area contributed by atoms with Crippen LogP contribution in [0, 0.1) is 16.7 Å². The van der Waals surface area contributed by atoms with Crippen LogP contribution in [0.15, 0.2) is 46.8 Å². The molecule has 0 radical (unpaired) electrons. The van der Waals surface area contributed by atoms with Gasteiger partial charge in [-0.15, -0.1) is 0 Å². The van der Waals surface area contributed by atoms with Gasteiger partial charge in [-0.2, -0.15) is 0 Å². The number of hydrogen-bond donors (Lipinski definition) is 2. The van der Waals surface area contributed by atoms with Crippen molar-refractivity contribution in [2.24, 2.45) is 16.7 Å². The van der Waals surface area contributed by atoms with E-state index in [2.05, 4.69) is 32.1 Å². The average Bonchev–Trinajstić information content (AvgIpc) is 3.24. The number of aliphatic hydroxyl groups excluding tert-OH is 1. The summed E-state index contributed by atoms with van der Waals surface area (Å²) in [7, 11) is 0. The summed E-state index contributed by atoms with van der Waals surface area (Å²) < 4.78 is 5.57. The highest BCUT2D eigenvalue weighted by atomic mass is 16.6. The number of Topliss-reactive ketones (excluding diaryl/α,β-unsaturated/α-hetero) is 1. The van der Waals surface area contributed by atoms with Crippen LogP contribution in [0.25, 0.3) is 0 Å². The summed E-state index contributed by atoms with van der Waals surface area (Å²) >= 11 is 0. The maximum Gasteiger partial charge on any atom is 0.309 e. The van der Waals surface area contributed by atoms with E-state index in [1.807, 2.05) is 6.08 Å². The molecule has 188 valence electrons. The van der Waals surface area contributed by atoms with Crippen LogP contribution in [0.2, 0.25) is 0 Å². The predicted octanol–water partition coefficient (Wildman–Crippen LogP) is 6.29. The zero-order valence-electron chi connectivity index (χ0n) is 21.4. The number of hydrogen-bond acceptors (Lipinski definition) is 4. The summed E-state index contributed by atoms with van der Waals surface area (Å²) in [6.45, 7) is 7.97. The molecule has 2 atom stereocenters. The van der Waals surface area contributed by atoms with Crippen LogP contribution in [0.4, 0.5) is 0 Å². The van der Waals surface area contributed by atoms with Crippen molar-refractivity contribution < 1.29 is 24.5 Å². The van der Waals surface area contributed by atoms with Gasteiger partial charge in [-0.25, -0.2) is 0 Å². The Morgan fingerprint density at radius 1 is 1.00 bits per heavy atom. The number of ether oxygens (including phenoxy) is 1. The zero-order chi connectivity index (χ0) is 24.9. The number of carbonyl (C=O) groups excluding carboxylic acids is 1. The molecule has 3 aliphatic rings. The maximum atomic E-state index is 13.0. The molecule has 2 N–H and O–H groups in total. The van der Waals surface area contributed by atoms with Crippen molar-refractivity contribution >= 4 is 11.8 Å². The van der Waals surface area contributed by atoms with E-state index in [1.165, 1.54) is 5.57 Å². The number of carbonyl (C=O) groups is 2. The lowest BCUT2D eigenvalue weighted by Gasteiger charge is -2.21. The van der Waals surface area contributed by atoms with Crippen LogP contribution in [0.5, 0.6) is 0 Å². The SMILES string of the molecule is CC(C)(CO)CCCCC1C=CC(CCC(=O)C2=CC3OC3=C2CCCCC(C)(C)C(=O)O)=C1. The number of carboxylic acid groups (broad SMARTS) is 1. The lowest BCUT2D eigenvalue weighted by Crippen LogP contribution is -2.23. The van der Waals surface area contributed by atoms with E-state index in [4.69, 9.17) is 4.74 Å². The molecule has 0 aromatic rings. The fraction of sp³-hybridized carbons (Fsp3) is 0.655. The Balaban J connectivity index is 1.39. The Hall–Kier alpha value is -2.14. The first kappa shape index (κ1) is 26.5. The third-order valence-corrected chi connectivity index (χ3v) is 7.45. The second-order valence-electron chi connectivity index (χ2n) is 11.6. The van der Waals surface area contributed by atoms with Gasteiger partial charge in [0, 0.05) is 24.2 Å². The van der Waals surface area contributed by atoms with Crippen LogP contribution in [-0.2, 0) is 14.3 Å². The topological polar surface area (TPSA) is 87.1 Å². The molecule has 2 aliphatic carbocycles. The van der Waals surface area contributed by atoms with Gasteiger partial charge in [-0.3, -0.25) is 9.59 Å². The third kappa shape index (κ3) is 7.18. The van der Waals surface area contributed by atoms with E-state index in [0.717, 1.165) is 68.3 Å². The normalized spacial score (nSPS) is 21.3. The van der Waals surface area contributed by atoms with Crippen molar-refractivity contribution in [1.82, 2.24) is 0 Å². The summed E-state index contributed by atoms with van der Waals surface area (Å²) in [5.74, 6) is 0.833. The van der Waals surface area contributed by atoms with Gasteiger partial charge in [0.2, 0.25) is 0 Å². The van der Waals surface area contributed by atoms with Crippen molar-refractivity contribution in [2.75, 3.05) is 6.61 Å². The molecule has 3 rings (SSSR count). The van der Waals surface area contributed by atoms with Gasteiger partial charge in [-0.05, 0) is 69.8 Å². The number of ketones is 1. The fourth-order valence-electron chi connectivity index (χ4n) is 4.77. The number of aliphatic hydroxyl groups is 1. The van der Waals surface area contributed by atoms with E-state index in [9.17, 15) is 19.8 Å². The molecular weight excluding hydrogens is 428 g/mol. The van der Waals surface area contributed by atoms with E-state index in [1.54, 1.807) is 13.8 Å². The number of allylic oxidation sites excluding steroid dienone is 6. The summed E-state index contributed by atoms with van der Waals surface area (Å²) in [4.78, 5) is 24.3. The Labute approximate surface area is 204 Å². The van der Waals surface area contributed by atoms with Crippen molar-refractivity contribution in [3.63, 3.8) is 0 Å². The maximum absolute atomic E-state index is 13.0. The van der Waals surface area contributed by atoms with Gasteiger partial charge < -0.3 is 14.9 Å². The largest absolute Gasteiger partial charge is 0.481 e. The van der Waals surface area contributed by atoms with Crippen molar-refractivity contribution in [1.29, 1.82) is 0 Å². The number of unbranched alkanes of at least 4 members (excludes halogenated alkanes) is 2. The minimum atomic E-state index is -0.764. The number of carboxylic acids is 1. The second-order valence-corrected chi connectivity index (χ2v) is 11.6. The van der Waals surface area contributed by atoms with Crippen molar-refractivity contribution in [3.8, 4) is 0 Å². The molecule has 0 aromatic heterocycles.